The van der Waals surface area contributed by atoms with Gasteiger partial charge in [-0.05, 0) is 42.3 Å². The van der Waals surface area contributed by atoms with Gasteiger partial charge in [0, 0.05) is 47.8 Å². The molecule has 0 radical (unpaired) electrons. The molecule has 4 aliphatic rings. The van der Waals surface area contributed by atoms with Crippen LogP contribution in [0.5, 0.6) is 0 Å². The quantitative estimate of drug-likeness (QED) is 0.114. The van der Waals surface area contributed by atoms with Gasteiger partial charge in [0.25, 0.3) is 5.91 Å². The van der Waals surface area contributed by atoms with Crippen molar-refractivity contribution < 1.29 is 92.9 Å². The Morgan fingerprint density at radius 1 is 1.12 bits per heavy atom. The molecule has 12 nitrogen and oxygen atoms in total. The van der Waals surface area contributed by atoms with Crippen LogP contribution < -0.4 is 90.3 Å². The Labute approximate surface area is 363 Å². The van der Waals surface area contributed by atoms with Gasteiger partial charge in [-0.1, -0.05) is 41.6 Å². The van der Waals surface area contributed by atoms with Crippen molar-refractivity contribution in [3.63, 3.8) is 0 Å². The van der Waals surface area contributed by atoms with E-state index in [2.05, 4.69) is 10.6 Å². The molecular formula is C32H27ClFN5Na2O7S4. The first-order valence-electron chi connectivity index (χ1n) is 15.6. The molecule has 1 aromatic carbocycles. The number of carbonyl (C=O) groups excluding carboxylic acids is 4. The number of fused-ring (bicyclic) bond motifs is 2. The van der Waals surface area contributed by atoms with Crippen LogP contribution in [0, 0.1) is 5.82 Å². The Bertz CT molecular complexity index is 2070. The summed E-state index contributed by atoms with van der Waals surface area (Å²) in [5.41, 5.74) is -0.754. The summed E-state index contributed by atoms with van der Waals surface area (Å²) in [6, 6.07) is 3.60. The summed E-state index contributed by atoms with van der Waals surface area (Å²) in [5, 5.41) is 31.0. The van der Waals surface area contributed by atoms with E-state index in [1.807, 2.05) is 17.5 Å². The van der Waals surface area contributed by atoms with Crippen molar-refractivity contribution in [2.24, 2.45) is 0 Å². The molecule has 1 unspecified atom stereocenters. The fourth-order valence-corrected chi connectivity index (χ4v) is 10.3. The van der Waals surface area contributed by atoms with Crippen LogP contribution in [0.4, 0.5) is 10.1 Å². The number of carbonyl (C=O) groups is 4. The van der Waals surface area contributed by atoms with Gasteiger partial charge in [-0.15, -0.1) is 23.1 Å². The number of benzene rings is 1. The molecule has 1 saturated carbocycles. The van der Waals surface area contributed by atoms with E-state index in [9.17, 15) is 34.2 Å². The van der Waals surface area contributed by atoms with Crippen molar-refractivity contribution >= 4 is 103 Å². The van der Waals surface area contributed by atoms with Crippen molar-refractivity contribution in [2.75, 3.05) is 29.5 Å². The van der Waals surface area contributed by atoms with Crippen LogP contribution in [0.1, 0.15) is 40.5 Å². The second-order valence-electron chi connectivity index (χ2n) is 12.3. The molecule has 7 rings (SSSR count). The summed E-state index contributed by atoms with van der Waals surface area (Å²) in [4.78, 5) is 65.9. The van der Waals surface area contributed by atoms with Gasteiger partial charge in [0.1, 0.15) is 21.6 Å². The number of anilines is 1. The first kappa shape index (κ1) is 41.5. The number of amides is 2. The van der Waals surface area contributed by atoms with Crippen LogP contribution in [0.3, 0.4) is 0 Å². The van der Waals surface area contributed by atoms with Crippen LogP contribution in [0.2, 0.25) is 5.02 Å². The standard InChI is InChI=1S/C32H29ClFN5O7S4.2Na/c33-22-25-18(27(41)19(30(43)44)11-38(25)16-3-4-16)9-20(34)26(22)37-6-5-15(10-37)35-32(47)50-13-14-12-49-29-23(28(42)39(29)24(14)31(45)46)36-21(40)8-17-2-1-7-48-17;;/h1-2,7,9,11,15-16,23,29H,3-6,8,10,12-13H2,(H,35,47)(H,36,40)(H,43,44)(H,45,46);;/q;2*+1/p-2/t15?,23-,29-;;/m1../s1. The van der Waals surface area contributed by atoms with E-state index in [0.29, 0.717) is 35.2 Å². The average Bonchev–Trinajstić information content (AvgIpc) is 3.60. The summed E-state index contributed by atoms with van der Waals surface area (Å²) in [5.74, 6) is -4.21. The number of thiocarbonyl (C=S) groups is 1. The maximum absolute atomic E-state index is 15.6. The van der Waals surface area contributed by atoms with Crippen molar-refractivity contribution in [2.45, 2.75) is 49.2 Å². The molecule has 2 N–H and O–H groups in total. The first-order valence-corrected chi connectivity index (χ1v) is 19.3. The third-order valence-corrected chi connectivity index (χ3v) is 12.9. The predicted octanol–water partition coefficient (Wildman–Crippen LogP) is -4.61. The Morgan fingerprint density at radius 2 is 1.87 bits per heavy atom. The average molecular weight is 822 g/mol. The van der Waals surface area contributed by atoms with Crippen LogP contribution >= 0.6 is 58.7 Å². The van der Waals surface area contributed by atoms with E-state index < -0.39 is 46.1 Å². The zero-order valence-electron chi connectivity index (χ0n) is 27.9. The number of nitrogens with zero attached hydrogens (tertiary/aromatic N) is 3. The van der Waals surface area contributed by atoms with E-state index in [4.69, 9.17) is 23.8 Å². The van der Waals surface area contributed by atoms with Crippen LogP contribution in [-0.4, -0.2) is 79.6 Å². The summed E-state index contributed by atoms with van der Waals surface area (Å²) >= 11 is 16.3. The SMILES string of the molecule is O=C(Cc1cccs1)N[C@@H]1C(=O)N2C(C(=O)[O-])=C(CSC(=S)NC3CCN(c4c(F)cc5c(=O)c(C(=O)[O-])cn(C6CC6)c5c4Cl)C3)CS[C@H]12.[Na+].[Na+]. The molecule has 262 valence electrons. The molecule has 3 atom stereocenters. The number of aromatic carboxylic acids is 1. The number of carboxylic acid groups (broad SMARTS) is 2. The molecule has 1 aliphatic carbocycles. The number of nitrogens with one attached hydrogen (secondary N) is 2. The van der Waals surface area contributed by atoms with Gasteiger partial charge in [0.05, 0.1) is 51.2 Å². The second kappa shape index (κ2) is 17.0. The largest absolute Gasteiger partial charge is 1.00 e. The Morgan fingerprint density at radius 3 is 2.52 bits per heavy atom. The molecule has 0 spiro atoms. The molecule has 2 saturated heterocycles. The molecule has 3 aromatic rings. The first-order chi connectivity index (χ1) is 23.9. The van der Waals surface area contributed by atoms with Gasteiger partial charge in [-0.2, -0.15) is 0 Å². The molecule has 3 fully saturated rings. The number of hydrogen-bond donors (Lipinski definition) is 2. The summed E-state index contributed by atoms with van der Waals surface area (Å²) in [6.07, 6.45) is 3.46. The van der Waals surface area contributed by atoms with Crippen molar-refractivity contribution in [3.05, 3.63) is 72.5 Å². The number of carboxylic acids is 2. The maximum atomic E-state index is 15.6. The molecular weight excluding hydrogens is 795 g/mol. The van der Waals surface area contributed by atoms with E-state index in [1.165, 1.54) is 46.0 Å². The topological polar surface area (TPSA) is 167 Å². The van der Waals surface area contributed by atoms with Gasteiger partial charge >= 0.3 is 59.1 Å². The monoisotopic (exact) mass is 821 g/mol. The van der Waals surface area contributed by atoms with Crippen molar-refractivity contribution in [1.82, 2.24) is 20.1 Å². The summed E-state index contributed by atoms with van der Waals surface area (Å²) < 4.78 is 17.6. The third-order valence-electron chi connectivity index (χ3n) is 9.02. The number of halogens is 2. The van der Waals surface area contributed by atoms with E-state index >= 15 is 4.39 Å². The van der Waals surface area contributed by atoms with Gasteiger partial charge in [-0.25, -0.2) is 4.39 Å². The van der Waals surface area contributed by atoms with E-state index in [0.717, 1.165) is 23.8 Å². The minimum Gasteiger partial charge on any atom is -0.545 e. The minimum absolute atomic E-state index is 0. The number of pyridine rings is 1. The number of thioether (sulfide) groups is 2. The Hall–Kier alpha value is -1.64. The normalized spacial score (nSPS) is 20.8. The van der Waals surface area contributed by atoms with Gasteiger partial charge in [-0.3, -0.25) is 19.3 Å². The van der Waals surface area contributed by atoms with Crippen LogP contribution in [0.15, 0.2) is 45.8 Å². The molecule has 5 heterocycles. The second-order valence-corrected chi connectivity index (χ2v) is 16.5. The van der Waals surface area contributed by atoms with Crippen molar-refractivity contribution in [3.8, 4) is 0 Å². The number of rotatable bonds is 10. The van der Waals surface area contributed by atoms with E-state index in [-0.39, 0.29) is 117 Å². The fourth-order valence-electron chi connectivity index (χ4n) is 6.53. The number of hydrogen-bond acceptors (Lipinski definition) is 12. The number of aromatic nitrogens is 1. The molecule has 20 heteroatoms. The predicted molar refractivity (Wildman–Crippen MR) is 190 cm³/mol. The van der Waals surface area contributed by atoms with Crippen molar-refractivity contribution in [1.29, 1.82) is 0 Å². The Kier molecular flexibility index (Phi) is 13.6. The zero-order chi connectivity index (χ0) is 35.4. The van der Waals surface area contributed by atoms with Crippen LogP contribution in [0.25, 0.3) is 10.9 Å². The van der Waals surface area contributed by atoms with Gasteiger partial charge in [0.15, 0.2) is 5.43 Å². The molecule has 52 heavy (non-hydrogen) atoms. The van der Waals surface area contributed by atoms with Gasteiger partial charge in [0.2, 0.25) is 5.91 Å². The van der Waals surface area contributed by atoms with E-state index in [1.54, 1.807) is 9.47 Å². The maximum Gasteiger partial charge on any atom is 1.00 e. The minimum atomic E-state index is -1.64. The summed E-state index contributed by atoms with van der Waals surface area (Å²) in [6.45, 7) is 0.734. The molecule has 2 aromatic heterocycles. The summed E-state index contributed by atoms with van der Waals surface area (Å²) in [7, 11) is 0. The fraction of sp³-hybridized carbons (Fsp3) is 0.375. The smallest absolute Gasteiger partial charge is 0.545 e. The number of aliphatic carboxylic acids is 1. The Balaban J connectivity index is 0.00000261. The number of thiophene rings is 1. The third kappa shape index (κ3) is 8.15. The molecule has 2 amide bonds. The van der Waals surface area contributed by atoms with Gasteiger partial charge < -0.3 is 39.9 Å². The molecule has 3 aliphatic heterocycles. The zero-order valence-corrected chi connectivity index (χ0v) is 36.0. The van der Waals surface area contributed by atoms with Crippen LogP contribution in [-0.2, 0) is 20.8 Å². The number of β-lactam (4-membered cyclic amide) rings is 1. The molecule has 0 bridgehead atoms.